The molecule has 1 aromatic heterocycles. The molecule has 2 aromatic carbocycles. The van der Waals surface area contributed by atoms with Gasteiger partial charge >= 0.3 is 0 Å². The second-order valence-electron chi connectivity index (χ2n) is 6.91. The fraction of sp³-hybridized carbons (Fsp3) is 0.227. The lowest BCUT2D eigenvalue weighted by atomic mass is 10.1. The molecule has 0 saturated carbocycles. The quantitative estimate of drug-likeness (QED) is 0.659. The van der Waals surface area contributed by atoms with Gasteiger partial charge in [-0.15, -0.1) is 0 Å². The molecule has 5 nitrogen and oxygen atoms in total. The molecular formula is C22H25N3O2S. The van der Waals surface area contributed by atoms with Crippen LogP contribution in [0.4, 0.5) is 0 Å². The maximum atomic E-state index is 12.1. The van der Waals surface area contributed by atoms with Crippen molar-refractivity contribution in [1.29, 1.82) is 0 Å². The number of rotatable bonds is 7. The first kappa shape index (κ1) is 20.0. The van der Waals surface area contributed by atoms with Crippen molar-refractivity contribution in [2.45, 2.75) is 27.2 Å². The number of nitrogens with one attached hydrogen (secondary N) is 1. The minimum Gasteiger partial charge on any atom is -0.238 e. The predicted molar refractivity (Wildman–Crippen MR) is 114 cm³/mol. The van der Waals surface area contributed by atoms with E-state index < -0.39 is 10.0 Å². The van der Waals surface area contributed by atoms with Crippen LogP contribution in [0.25, 0.3) is 11.8 Å². The molecule has 0 aliphatic rings. The van der Waals surface area contributed by atoms with Crippen molar-refractivity contribution in [3.05, 3.63) is 88.1 Å². The monoisotopic (exact) mass is 395 g/mol. The SMILES string of the molecule is Cc1ccc(C=CS(=O)(=O)NCCc2ccc(-n3nc(C)cc3C)cc2)cc1. The first-order valence-corrected chi connectivity index (χ1v) is 10.7. The highest BCUT2D eigenvalue weighted by Gasteiger charge is 2.06. The maximum absolute atomic E-state index is 12.1. The number of benzene rings is 2. The van der Waals surface area contributed by atoms with E-state index in [1.807, 2.05) is 80.1 Å². The van der Waals surface area contributed by atoms with E-state index in [1.54, 1.807) is 6.08 Å². The lowest BCUT2D eigenvalue weighted by Crippen LogP contribution is -2.23. The van der Waals surface area contributed by atoms with Crippen molar-refractivity contribution in [1.82, 2.24) is 14.5 Å². The summed E-state index contributed by atoms with van der Waals surface area (Å²) in [6.45, 7) is 6.33. The number of sulfonamides is 1. The van der Waals surface area contributed by atoms with E-state index in [9.17, 15) is 8.42 Å². The Hall–Kier alpha value is -2.70. The Bertz CT molecular complexity index is 1060. The molecule has 3 rings (SSSR count). The van der Waals surface area contributed by atoms with Crippen LogP contribution >= 0.6 is 0 Å². The molecule has 0 aliphatic heterocycles. The highest BCUT2D eigenvalue weighted by atomic mass is 32.2. The second kappa shape index (κ2) is 8.54. The molecule has 1 heterocycles. The number of aromatic nitrogens is 2. The second-order valence-corrected chi connectivity index (χ2v) is 8.56. The van der Waals surface area contributed by atoms with Crippen molar-refractivity contribution in [2.75, 3.05) is 6.54 Å². The molecule has 0 amide bonds. The minimum atomic E-state index is -3.46. The number of aryl methyl sites for hydroxylation is 3. The van der Waals surface area contributed by atoms with Gasteiger partial charge in [-0.25, -0.2) is 17.8 Å². The number of nitrogens with zero attached hydrogens (tertiary/aromatic N) is 2. The van der Waals surface area contributed by atoms with Gasteiger partial charge in [0.1, 0.15) is 0 Å². The van der Waals surface area contributed by atoms with E-state index in [0.29, 0.717) is 13.0 Å². The van der Waals surface area contributed by atoms with Gasteiger partial charge in [0.05, 0.1) is 11.4 Å². The van der Waals surface area contributed by atoms with Crippen LogP contribution < -0.4 is 4.72 Å². The van der Waals surface area contributed by atoms with Crippen molar-refractivity contribution < 1.29 is 8.42 Å². The molecule has 6 heteroatoms. The molecular weight excluding hydrogens is 370 g/mol. The fourth-order valence-corrected chi connectivity index (χ4v) is 3.74. The molecule has 0 fully saturated rings. The standard InChI is InChI=1S/C22H25N3O2S/c1-17-4-6-21(7-5-17)13-15-28(26,27)23-14-12-20-8-10-22(11-9-20)25-19(3)16-18(2)24-25/h4-11,13,15-16,23H,12,14H2,1-3H3. The minimum absolute atomic E-state index is 0.347. The maximum Gasteiger partial charge on any atom is 0.233 e. The molecule has 28 heavy (non-hydrogen) atoms. The molecule has 0 unspecified atom stereocenters. The summed E-state index contributed by atoms with van der Waals surface area (Å²) in [5, 5.41) is 5.68. The van der Waals surface area contributed by atoms with Gasteiger partial charge in [-0.3, -0.25) is 0 Å². The van der Waals surface area contributed by atoms with E-state index in [4.69, 9.17) is 0 Å². The summed E-state index contributed by atoms with van der Waals surface area (Å²) in [5.74, 6) is 0. The predicted octanol–water partition coefficient (Wildman–Crippen LogP) is 3.93. The molecule has 146 valence electrons. The molecule has 0 bridgehead atoms. The zero-order valence-electron chi connectivity index (χ0n) is 16.4. The molecule has 0 aliphatic carbocycles. The van der Waals surface area contributed by atoms with Gasteiger partial charge in [-0.05, 0) is 62.6 Å². The molecule has 0 atom stereocenters. The Morgan fingerprint density at radius 2 is 1.68 bits per heavy atom. The third kappa shape index (κ3) is 5.41. The summed E-state index contributed by atoms with van der Waals surface area (Å²) in [7, 11) is -3.46. The van der Waals surface area contributed by atoms with Crippen LogP contribution in [0.5, 0.6) is 0 Å². The van der Waals surface area contributed by atoms with Gasteiger partial charge in [-0.1, -0.05) is 42.0 Å². The first-order valence-electron chi connectivity index (χ1n) is 9.19. The topological polar surface area (TPSA) is 64.0 Å². The summed E-state index contributed by atoms with van der Waals surface area (Å²) < 4.78 is 28.8. The van der Waals surface area contributed by atoms with E-state index >= 15 is 0 Å². The third-order valence-corrected chi connectivity index (χ3v) is 5.53. The molecule has 3 aromatic rings. The van der Waals surface area contributed by atoms with Crippen molar-refractivity contribution in [2.24, 2.45) is 0 Å². The average Bonchev–Trinajstić information content (AvgIpc) is 3.00. The Balaban J connectivity index is 1.55. The Kier molecular flexibility index (Phi) is 6.11. The summed E-state index contributed by atoms with van der Waals surface area (Å²) >= 11 is 0. The zero-order chi connectivity index (χ0) is 20.1. The van der Waals surface area contributed by atoms with Gasteiger partial charge in [0, 0.05) is 17.6 Å². The van der Waals surface area contributed by atoms with E-state index in [1.165, 1.54) is 5.41 Å². The van der Waals surface area contributed by atoms with Crippen LogP contribution in [-0.4, -0.2) is 24.7 Å². The van der Waals surface area contributed by atoms with E-state index in [-0.39, 0.29) is 0 Å². The number of hydrogen-bond donors (Lipinski definition) is 1. The highest BCUT2D eigenvalue weighted by molar-refractivity contribution is 7.92. The van der Waals surface area contributed by atoms with Gasteiger partial charge < -0.3 is 0 Å². The normalized spacial score (nSPS) is 12.0. The van der Waals surface area contributed by atoms with Gasteiger partial charge in [0.2, 0.25) is 10.0 Å². The van der Waals surface area contributed by atoms with Gasteiger partial charge in [0.25, 0.3) is 0 Å². The third-order valence-electron chi connectivity index (χ3n) is 4.42. The summed E-state index contributed by atoms with van der Waals surface area (Å²) in [6.07, 6.45) is 2.22. The van der Waals surface area contributed by atoms with Crippen molar-refractivity contribution in [3.63, 3.8) is 0 Å². The van der Waals surface area contributed by atoms with Gasteiger partial charge in [-0.2, -0.15) is 5.10 Å². The van der Waals surface area contributed by atoms with Crippen LogP contribution in [0.15, 0.2) is 60.0 Å². The molecule has 0 saturated heterocycles. The van der Waals surface area contributed by atoms with Crippen LogP contribution in [0.2, 0.25) is 0 Å². The van der Waals surface area contributed by atoms with Crippen LogP contribution in [-0.2, 0) is 16.4 Å². The summed E-state index contributed by atoms with van der Waals surface area (Å²) in [6, 6.07) is 17.7. The average molecular weight is 396 g/mol. The van der Waals surface area contributed by atoms with Crippen LogP contribution in [0.1, 0.15) is 28.1 Å². The fourth-order valence-electron chi connectivity index (χ4n) is 2.93. The van der Waals surface area contributed by atoms with Crippen molar-refractivity contribution >= 4 is 16.1 Å². The zero-order valence-corrected chi connectivity index (χ0v) is 17.2. The van der Waals surface area contributed by atoms with E-state index in [2.05, 4.69) is 9.82 Å². The Morgan fingerprint density at radius 3 is 2.29 bits per heavy atom. The van der Waals surface area contributed by atoms with Crippen LogP contribution in [0, 0.1) is 20.8 Å². The Morgan fingerprint density at radius 1 is 1.00 bits per heavy atom. The number of hydrogen-bond acceptors (Lipinski definition) is 3. The first-order chi connectivity index (χ1) is 13.3. The van der Waals surface area contributed by atoms with Crippen molar-refractivity contribution in [3.8, 4) is 5.69 Å². The lowest BCUT2D eigenvalue weighted by Gasteiger charge is -2.07. The Labute approximate surface area is 166 Å². The molecule has 1 N–H and O–H groups in total. The molecule has 0 spiro atoms. The smallest absolute Gasteiger partial charge is 0.233 e. The van der Waals surface area contributed by atoms with Gasteiger partial charge in [0.15, 0.2) is 0 Å². The lowest BCUT2D eigenvalue weighted by molar-refractivity contribution is 0.591. The highest BCUT2D eigenvalue weighted by Crippen LogP contribution is 2.13. The van der Waals surface area contributed by atoms with E-state index in [0.717, 1.165) is 33.8 Å². The summed E-state index contributed by atoms with van der Waals surface area (Å²) in [5.41, 5.74) is 6.12. The molecule has 0 radical (unpaired) electrons. The van der Waals surface area contributed by atoms with Crippen LogP contribution in [0.3, 0.4) is 0 Å². The largest absolute Gasteiger partial charge is 0.238 e. The summed E-state index contributed by atoms with van der Waals surface area (Å²) in [4.78, 5) is 0.